The first-order valence-electron chi connectivity index (χ1n) is 5.32. The van der Waals surface area contributed by atoms with Gasteiger partial charge in [-0.25, -0.2) is 0 Å². The van der Waals surface area contributed by atoms with Gasteiger partial charge in [0.25, 0.3) is 0 Å². The summed E-state index contributed by atoms with van der Waals surface area (Å²) in [6, 6.07) is 2.42. The number of rotatable bonds is 5. The maximum Gasteiger partial charge on any atom is 0.145 e. The van der Waals surface area contributed by atoms with Crippen molar-refractivity contribution in [1.29, 1.82) is 0 Å². The Morgan fingerprint density at radius 3 is 3.00 bits per heavy atom. The highest BCUT2D eigenvalue weighted by Crippen LogP contribution is 2.25. The fourth-order valence-electron chi connectivity index (χ4n) is 1.75. The zero-order chi connectivity index (χ0) is 10.8. The van der Waals surface area contributed by atoms with Gasteiger partial charge in [-0.05, 0) is 26.0 Å². The second kappa shape index (κ2) is 4.20. The van der Waals surface area contributed by atoms with Gasteiger partial charge in [0.1, 0.15) is 5.82 Å². The Morgan fingerprint density at radius 2 is 2.47 bits per heavy atom. The topological polar surface area (TPSA) is 67.3 Å². The molecular weight excluding hydrogens is 192 g/mol. The predicted molar refractivity (Wildman–Crippen MR) is 58.3 cm³/mol. The summed E-state index contributed by atoms with van der Waals surface area (Å²) >= 11 is 0. The molecule has 0 spiro atoms. The van der Waals surface area contributed by atoms with E-state index >= 15 is 0 Å². The Labute approximate surface area is 89.5 Å². The van der Waals surface area contributed by atoms with Crippen LogP contribution in [-0.2, 0) is 6.54 Å². The molecule has 1 saturated carbocycles. The quantitative estimate of drug-likeness (QED) is 0.713. The summed E-state index contributed by atoms with van der Waals surface area (Å²) < 4.78 is 1.68. The van der Waals surface area contributed by atoms with Gasteiger partial charge in [-0.1, -0.05) is 0 Å². The van der Waals surface area contributed by atoms with E-state index in [2.05, 4.69) is 17.0 Å². The summed E-state index contributed by atoms with van der Waals surface area (Å²) in [4.78, 5) is 2.21. The first kappa shape index (κ1) is 10.4. The molecule has 3 N–H and O–H groups in total. The lowest BCUT2D eigenvalue weighted by molar-refractivity contribution is 0.103. The van der Waals surface area contributed by atoms with Gasteiger partial charge in [-0.15, -0.1) is 0 Å². The van der Waals surface area contributed by atoms with E-state index < -0.39 is 0 Å². The molecule has 15 heavy (non-hydrogen) atoms. The van der Waals surface area contributed by atoms with E-state index in [1.165, 1.54) is 12.8 Å². The summed E-state index contributed by atoms with van der Waals surface area (Å²) in [5, 5.41) is 13.8. The van der Waals surface area contributed by atoms with Crippen molar-refractivity contribution in [3.63, 3.8) is 0 Å². The van der Waals surface area contributed by atoms with Crippen LogP contribution in [0.25, 0.3) is 0 Å². The van der Waals surface area contributed by atoms with Gasteiger partial charge in [0.2, 0.25) is 0 Å². The summed E-state index contributed by atoms with van der Waals surface area (Å²) in [5.74, 6) is 0.498. The van der Waals surface area contributed by atoms with Crippen LogP contribution in [0.15, 0.2) is 12.3 Å². The number of aliphatic hydroxyl groups excluding tert-OH is 1. The number of nitrogen functional groups attached to an aromatic ring is 1. The molecule has 0 radical (unpaired) electrons. The van der Waals surface area contributed by atoms with E-state index in [1.807, 2.05) is 0 Å². The van der Waals surface area contributed by atoms with Crippen molar-refractivity contribution in [2.75, 3.05) is 19.3 Å². The summed E-state index contributed by atoms with van der Waals surface area (Å²) in [6.07, 6.45) is 3.93. The molecule has 1 aliphatic rings. The highest BCUT2D eigenvalue weighted by atomic mass is 16.3. The van der Waals surface area contributed by atoms with Crippen LogP contribution in [0.1, 0.15) is 12.8 Å². The normalized spacial score (nSPS) is 18.3. The molecular formula is C10H18N4O. The van der Waals surface area contributed by atoms with Crippen LogP contribution in [0.3, 0.4) is 0 Å². The third-order valence-corrected chi connectivity index (χ3v) is 2.73. The number of aromatic nitrogens is 2. The van der Waals surface area contributed by atoms with Gasteiger partial charge in [-0.2, -0.15) is 5.10 Å². The van der Waals surface area contributed by atoms with Crippen molar-refractivity contribution in [1.82, 2.24) is 14.7 Å². The lowest BCUT2D eigenvalue weighted by Gasteiger charge is -2.19. The van der Waals surface area contributed by atoms with Crippen molar-refractivity contribution >= 4 is 5.82 Å². The van der Waals surface area contributed by atoms with E-state index in [1.54, 1.807) is 16.9 Å². The molecule has 1 heterocycles. The molecule has 1 aromatic rings. The monoisotopic (exact) mass is 210 g/mol. The van der Waals surface area contributed by atoms with Crippen LogP contribution < -0.4 is 5.73 Å². The molecule has 2 rings (SSSR count). The molecule has 84 valence electrons. The van der Waals surface area contributed by atoms with Crippen LogP contribution in [0.2, 0.25) is 0 Å². The highest BCUT2D eigenvalue weighted by molar-refractivity contribution is 5.23. The fourth-order valence-corrected chi connectivity index (χ4v) is 1.75. The number of hydrogen-bond acceptors (Lipinski definition) is 4. The molecule has 1 fully saturated rings. The summed E-state index contributed by atoms with van der Waals surface area (Å²) in [7, 11) is 2.05. The Hall–Kier alpha value is -1.07. The van der Waals surface area contributed by atoms with Crippen LogP contribution in [0.5, 0.6) is 0 Å². The molecule has 0 aliphatic heterocycles. The number of nitrogens with two attached hydrogens (primary N) is 1. The second-order valence-electron chi connectivity index (χ2n) is 4.29. The highest BCUT2D eigenvalue weighted by Gasteiger charge is 2.27. The first-order valence-corrected chi connectivity index (χ1v) is 5.32. The Kier molecular flexibility index (Phi) is 2.93. The number of nitrogens with zero attached hydrogens (tertiary/aromatic N) is 3. The number of anilines is 1. The largest absolute Gasteiger partial charge is 0.390 e. The molecule has 5 nitrogen and oxygen atoms in total. The first-order chi connectivity index (χ1) is 7.15. The van der Waals surface area contributed by atoms with Gasteiger partial charge >= 0.3 is 0 Å². The Morgan fingerprint density at radius 1 is 1.73 bits per heavy atom. The number of aliphatic hydroxyl groups is 1. The average Bonchev–Trinajstić information content (AvgIpc) is 2.92. The van der Waals surface area contributed by atoms with Crippen molar-refractivity contribution in [3.05, 3.63) is 12.3 Å². The van der Waals surface area contributed by atoms with Crippen LogP contribution >= 0.6 is 0 Å². The zero-order valence-electron chi connectivity index (χ0n) is 9.00. The van der Waals surface area contributed by atoms with Crippen LogP contribution in [-0.4, -0.2) is 45.5 Å². The molecule has 0 amide bonds. The van der Waals surface area contributed by atoms with Crippen molar-refractivity contribution in [3.8, 4) is 0 Å². The molecule has 1 aromatic heterocycles. The van der Waals surface area contributed by atoms with E-state index in [-0.39, 0.29) is 6.10 Å². The fraction of sp³-hybridized carbons (Fsp3) is 0.700. The van der Waals surface area contributed by atoms with Crippen molar-refractivity contribution in [2.24, 2.45) is 0 Å². The van der Waals surface area contributed by atoms with E-state index in [9.17, 15) is 5.11 Å². The molecule has 1 aliphatic carbocycles. The summed E-state index contributed by atoms with van der Waals surface area (Å²) in [6.45, 7) is 1.21. The lowest BCUT2D eigenvalue weighted by atomic mass is 10.3. The third kappa shape index (κ3) is 2.94. The van der Waals surface area contributed by atoms with Gasteiger partial charge in [0, 0.05) is 18.8 Å². The van der Waals surface area contributed by atoms with Crippen LogP contribution in [0, 0.1) is 0 Å². The summed E-state index contributed by atoms with van der Waals surface area (Å²) in [5.41, 5.74) is 5.49. The van der Waals surface area contributed by atoms with Crippen molar-refractivity contribution in [2.45, 2.75) is 31.5 Å². The second-order valence-corrected chi connectivity index (χ2v) is 4.29. The van der Waals surface area contributed by atoms with E-state index in [4.69, 9.17) is 5.73 Å². The molecule has 1 atom stereocenters. The Balaban J connectivity index is 1.78. The maximum absolute atomic E-state index is 9.82. The molecule has 1 unspecified atom stereocenters. The van der Waals surface area contributed by atoms with Gasteiger partial charge in [0.15, 0.2) is 0 Å². The SMILES string of the molecule is CN(CC(O)Cn1ccc(N)n1)C1CC1. The van der Waals surface area contributed by atoms with Gasteiger partial charge < -0.3 is 15.7 Å². The van der Waals surface area contributed by atoms with E-state index in [0.29, 0.717) is 24.9 Å². The lowest BCUT2D eigenvalue weighted by Crippen LogP contribution is -2.33. The van der Waals surface area contributed by atoms with Crippen LogP contribution in [0.4, 0.5) is 5.82 Å². The van der Waals surface area contributed by atoms with Gasteiger partial charge in [0.05, 0.1) is 12.6 Å². The Bertz CT molecular complexity index is 321. The molecule has 0 bridgehead atoms. The standard InChI is InChI=1S/C10H18N4O/c1-13(8-2-3-8)6-9(15)7-14-5-4-10(11)12-14/h4-5,8-9,15H,2-3,6-7H2,1H3,(H2,11,12). The zero-order valence-corrected chi connectivity index (χ0v) is 9.00. The van der Waals surface area contributed by atoms with E-state index in [0.717, 1.165) is 0 Å². The maximum atomic E-state index is 9.82. The third-order valence-electron chi connectivity index (χ3n) is 2.73. The predicted octanol–water partition coefficient (Wildman–Crippen LogP) is -0.0796. The number of hydrogen-bond donors (Lipinski definition) is 2. The van der Waals surface area contributed by atoms with Crippen molar-refractivity contribution < 1.29 is 5.11 Å². The molecule has 0 aromatic carbocycles. The van der Waals surface area contributed by atoms with Gasteiger partial charge in [-0.3, -0.25) is 4.68 Å². The molecule has 0 saturated heterocycles. The minimum absolute atomic E-state index is 0.380. The minimum atomic E-state index is -0.380. The smallest absolute Gasteiger partial charge is 0.145 e. The molecule has 5 heteroatoms. The minimum Gasteiger partial charge on any atom is -0.390 e. The number of likely N-dealkylation sites (N-methyl/N-ethyl adjacent to an activating group) is 1. The average molecular weight is 210 g/mol.